The fourth-order valence-corrected chi connectivity index (χ4v) is 3.24. The van der Waals surface area contributed by atoms with E-state index in [9.17, 15) is 9.59 Å². The average molecular weight is 420 g/mol. The summed E-state index contributed by atoms with van der Waals surface area (Å²) < 4.78 is 10.7. The van der Waals surface area contributed by atoms with Crippen LogP contribution < -0.4 is 5.32 Å². The molecular formula is C25H41NO4. The standard InChI is InChI=1S/C25H41NO4/c1-4-6-7-8-9-10-11-12-16-19-29-24(27)23(21(3)5-2)26-25(28)30-20-22-17-14-13-15-18-22/h13-15,17-18,21,23H,4-12,16,19-20H2,1-3H3,(H,26,28). The number of nitrogens with one attached hydrogen (secondary N) is 1. The van der Waals surface area contributed by atoms with Crippen molar-refractivity contribution in [2.45, 2.75) is 97.6 Å². The second-order valence-electron chi connectivity index (χ2n) is 8.07. The van der Waals surface area contributed by atoms with Gasteiger partial charge in [-0.25, -0.2) is 9.59 Å². The normalized spacial score (nSPS) is 12.8. The monoisotopic (exact) mass is 419 g/mol. The van der Waals surface area contributed by atoms with Crippen LogP contribution in [-0.2, 0) is 20.9 Å². The van der Waals surface area contributed by atoms with Crippen LogP contribution in [0.5, 0.6) is 0 Å². The predicted molar refractivity (Wildman–Crippen MR) is 121 cm³/mol. The summed E-state index contributed by atoms with van der Waals surface area (Å²) >= 11 is 0. The van der Waals surface area contributed by atoms with Crippen molar-refractivity contribution in [3.63, 3.8) is 0 Å². The Hall–Kier alpha value is -2.04. The lowest BCUT2D eigenvalue weighted by molar-refractivity contribution is -0.147. The number of benzene rings is 1. The number of unbranched alkanes of at least 4 members (excludes halogenated alkanes) is 8. The largest absolute Gasteiger partial charge is 0.464 e. The van der Waals surface area contributed by atoms with E-state index in [2.05, 4.69) is 12.2 Å². The van der Waals surface area contributed by atoms with Gasteiger partial charge in [0.15, 0.2) is 0 Å². The third kappa shape index (κ3) is 11.8. The van der Waals surface area contributed by atoms with Crippen LogP contribution in [-0.4, -0.2) is 24.7 Å². The SMILES string of the molecule is CCCCCCCCCCCOC(=O)C(NC(=O)OCc1ccccc1)C(C)CC. The molecule has 170 valence electrons. The summed E-state index contributed by atoms with van der Waals surface area (Å²) in [5.41, 5.74) is 0.903. The van der Waals surface area contributed by atoms with Crippen molar-refractivity contribution in [2.24, 2.45) is 5.92 Å². The zero-order valence-corrected chi connectivity index (χ0v) is 19.2. The van der Waals surface area contributed by atoms with Gasteiger partial charge in [-0.05, 0) is 17.9 Å². The first-order valence-electron chi connectivity index (χ1n) is 11.7. The van der Waals surface area contributed by atoms with Gasteiger partial charge in [0.2, 0.25) is 0 Å². The molecular weight excluding hydrogens is 378 g/mol. The lowest BCUT2D eigenvalue weighted by Gasteiger charge is -2.22. The van der Waals surface area contributed by atoms with Gasteiger partial charge >= 0.3 is 12.1 Å². The van der Waals surface area contributed by atoms with Crippen LogP contribution >= 0.6 is 0 Å². The topological polar surface area (TPSA) is 64.6 Å². The number of hydrogen-bond donors (Lipinski definition) is 1. The van der Waals surface area contributed by atoms with Crippen LogP contribution in [0.15, 0.2) is 30.3 Å². The molecule has 1 aromatic rings. The number of rotatable bonds is 16. The number of esters is 1. The minimum atomic E-state index is -0.683. The summed E-state index contributed by atoms with van der Waals surface area (Å²) in [5, 5.41) is 2.69. The van der Waals surface area contributed by atoms with Crippen molar-refractivity contribution in [3.05, 3.63) is 35.9 Å². The summed E-state index contributed by atoms with van der Waals surface area (Å²) in [7, 11) is 0. The first-order valence-corrected chi connectivity index (χ1v) is 11.7. The minimum absolute atomic E-state index is 0.0232. The zero-order chi connectivity index (χ0) is 22.0. The smallest absolute Gasteiger partial charge is 0.408 e. The molecule has 0 spiro atoms. The van der Waals surface area contributed by atoms with Crippen LogP contribution in [0.25, 0.3) is 0 Å². The third-order valence-corrected chi connectivity index (χ3v) is 5.45. The van der Waals surface area contributed by atoms with E-state index in [-0.39, 0.29) is 18.5 Å². The van der Waals surface area contributed by atoms with Crippen LogP contribution in [0.1, 0.15) is 90.5 Å². The first-order chi connectivity index (χ1) is 14.6. The maximum absolute atomic E-state index is 12.5. The lowest BCUT2D eigenvalue weighted by atomic mass is 9.99. The number of hydrogen-bond acceptors (Lipinski definition) is 4. The van der Waals surface area contributed by atoms with Crippen LogP contribution in [0.3, 0.4) is 0 Å². The van der Waals surface area contributed by atoms with Crippen molar-refractivity contribution >= 4 is 12.1 Å². The zero-order valence-electron chi connectivity index (χ0n) is 19.2. The van der Waals surface area contributed by atoms with E-state index < -0.39 is 12.1 Å². The molecule has 0 saturated heterocycles. The number of carbonyl (C=O) groups excluding carboxylic acids is 2. The molecule has 2 unspecified atom stereocenters. The molecule has 0 bridgehead atoms. The van der Waals surface area contributed by atoms with Crippen LogP contribution in [0, 0.1) is 5.92 Å². The van der Waals surface area contributed by atoms with E-state index in [0.29, 0.717) is 6.61 Å². The number of alkyl carbamates (subject to hydrolysis) is 1. The molecule has 0 heterocycles. The molecule has 0 radical (unpaired) electrons. The molecule has 5 nitrogen and oxygen atoms in total. The molecule has 0 fully saturated rings. The summed E-state index contributed by atoms with van der Waals surface area (Å²) in [4.78, 5) is 24.6. The molecule has 0 aliphatic heterocycles. The van der Waals surface area contributed by atoms with E-state index in [0.717, 1.165) is 24.8 Å². The highest BCUT2D eigenvalue weighted by molar-refractivity contribution is 5.81. The maximum atomic E-state index is 12.5. The number of amides is 1. The van der Waals surface area contributed by atoms with Gasteiger partial charge in [0.1, 0.15) is 12.6 Å². The fourth-order valence-electron chi connectivity index (χ4n) is 3.24. The summed E-state index contributed by atoms with van der Waals surface area (Å²) in [5.74, 6) is -0.398. The molecule has 30 heavy (non-hydrogen) atoms. The van der Waals surface area contributed by atoms with Crippen molar-refractivity contribution in [1.82, 2.24) is 5.32 Å². The second kappa shape index (κ2) is 16.7. The summed E-state index contributed by atoms with van der Waals surface area (Å²) in [6.45, 7) is 6.73. The van der Waals surface area contributed by atoms with Gasteiger partial charge in [-0.3, -0.25) is 0 Å². The van der Waals surface area contributed by atoms with Gasteiger partial charge in [-0.15, -0.1) is 0 Å². The number of ether oxygens (including phenoxy) is 2. The Balaban J connectivity index is 2.26. The van der Waals surface area contributed by atoms with E-state index in [1.165, 1.54) is 44.9 Å². The third-order valence-electron chi connectivity index (χ3n) is 5.45. The molecule has 2 atom stereocenters. The van der Waals surface area contributed by atoms with Crippen molar-refractivity contribution < 1.29 is 19.1 Å². The van der Waals surface area contributed by atoms with Gasteiger partial charge in [-0.1, -0.05) is 109 Å². The number of carbonyl (C=O) groups is 2. The molecule has 1 aromatic carbocycles. The second-order valence-corrected chi connectivity index (χ2v) is 8.07. The van der Waals surface area contributed by atoms with Crippen molar-refractivity contribution in [1.29, 1.82) is 0 Å². The Labute approximate surface area is 182 Å². The molecule has 0 saturated carbocycles. The molecule has 5 heteroatoms. The van der Waals surface area contributed by atoms with Crippen LogP contribution in [0.4, 0.5) is 4.79 Å². The van der Waals surface area contributed by atoms with Gasteiger partial charge in [0.25, 0.3) is 0 Å². The van der Waals surface area contributed by atoms with Gasteiger partial charge in [-0.2, -0.15) is 0 Å². The van der Waals surface area contributed by atoms with Crippen molar-refractivity contribution in [2.75, 3.05) is 6.61 Å². The molecule has 1 rings (SSSR count). The highest BCUT2D eigenvalue weighted by Crippen LogP contribution is 2.12. The lowest BCUT2D eigenvalue weighted by Crippen LogP contribution is -2.46. The quantitative estimate of drug-likeness (QED) is 0.249. The Morgan fingerprint density at radius 3 is 2.07 bits per heavy atom. The fraction of sp³-hybridized carbons (Fsp3) is 0.680. The van der Waals surface area contributed by atoms with E-state index >= 15 is 0 Å². The van der Waals surface area contributed by atoms with Crippen LogP contribution in [0.2, 0.25) is 0 Å². The summed E-state index contributed by atoms with van der Waals surface area (Å²) in [6, 6.07) is 8.78. The Bertz CT molecular complexity index is 576. The molecule has 0 aromatic heterocycles. The van der Waals surface area contributed by atoms with Gasteiger partial charge < -0.3 is 14.8 Å². The van der Waals surface area contributed by atoms with Gasteiger partial charge in [0.05, 0.1) is 6.61 Å². The highest BCUT2D eigenvalue weighted by Gasteiger charge is 2.27. The molecule has 0 aliphatic rings. The average Bonchev–Trinajstić information content (AvgIpc) is 2.77. The van der Waals surface area contributed by atoms with E-state index in [1.807, 2.05) is 44.2 Å². The summed E-state index contributed by atoms with van der Waals surface area (Å²) in [6.07, 6.45) is 11.1. The van der Waals surface area contributed by atoms with Crippen molar-refractivity contribution in [3.8, 4) is 0 Å². The molecule has 0 aliphatic carbocycles. The molecule has 1 N–H and O–H groups in total. The van der Waals surface area contributed by atoms with E-state index in [1.54, 1.807) is 0 Å². The Morgan fingerprint density at radius 2 is 1.47 bits per heavy atom. The predicted octanol–water partition coefficient (Wildman–Crippen LogP) is 6.40. The first kappa shape index (κ1) is 26.0. The maximum Gasteiger partial charge on any atom is 0.408 e. The Kier molecular flexibility index (Phi) is 14.5. The highest BCUT2D eigenvalue weighted by atomic mass is 16.6. The Morgan fingerprint density at radius 1 is 0.867 bits per heavy atom. The molecule has 1 amide bonds. The van der Waals surface area contributed by atoms with Gasteiger partial charge in [0, 0.05) is 0 Å². The van der Waals surface area contributed by atoms with E-state index in [4.69, 9.17) is 9.47 Å². The minimum Gasteiger partial charge on any atom is -0.464 e.